The fraction of sp³-hybridized carbons (Fsp3) is 0.500. The largest absolute Gasteiger partial charge is 0.337 e. The summed E-state index contributed by atoms with van der Waals surface area (Å²) in [6.45, 7) is 10.1. The number of likely N-dealkylation sites (tertiary alicyclic amines) is 1. The van der Waals surface area contributed by atoms with Crippen molar-refractivity contribution in [2.75, 3.05) is 31.5 Å². The van der Waals surface area contributed by atoms with E-state index in [0.29, 0.717) is 6.54 Å². The van der Waals surface area contributed by atoms with Crippen LogP contribution in [0.15, 0.2) is 30.3 Å². The molecule has 6 nitrogen and oxygen atoms in total. The number of hydrogen-bond donors (Lipinski definition) is 2. The molecule has 6 heteroatoms. The molecule has 1 aliphatic rings. The SMILES string of the molecule is Cc1cc(C)n(-c2cccc(NC(=O)NCCN3CCC(C)CC3)c2)n1. The van der Waals surface area contributed by atoms with Crippen LogP contribution in [-0.2, 0) is 0 Å². The minimum absolute atomic E-state index is 0.166. The first kappa shape index (κ1) is 18.5. The normalized spacial score (nSPS) is 15.8. The standard InChI is InChI=1S/C20H29N5O/c1-15-7-10-24(11-8-15)12-9-21-20(26)22-18-5-4-6-19(14-18)25-17(3)13-16(2)23-25/h4-6,13-15H,7-12H2,1-3H3,(H2,21,22,26). The second-order valence-corrected chi connectivity index (χ2v) is 7.29. The number of anilines is 1. The van der Waals surface area contributed by atoms with E-state index in [2.05, 4.69) is 27.6 Å². The smallest absolute Gasteiger partial charge is 0.319 e. The van der Waals surface area contributed by atoms with E-state index in [4.69, 9.17) is 0 Å². The maximum Gasteiger partial charge on any atom is 0.319 e. The van der Waals surface area contributed by atoms with Gasteiger partial charge in [-0.1, -0.05) is 13.0 Å². The lowest BCUT2D eigenvalue weighted by Gasteiger charge is -2.30. The molecule has 26 heavy (non-hydrogen) atoms. The summed E-state index contributed by atoms with van der Waals surface area (Å²) in [5.74, 6) is 0.831. The Morgan fingerprint density at radius 1 is 1.23 bits per heavy atom. The number of carbonyl (C=O) groups is 1. The Morgan fingerprint density at radius 2 is 2.00 bits per heavy atom. The van der Waals surface area contributed by atoms with E-state index >= 15 is 0 Å². The quantitative estimate of drug-likeness (QED) is 0.865. The Balaban J connectivity index is 1.50. The lowest BCUT2D eigenvalue weighted by Crippen LogP contribution is -2.40. The minimum atomic E-state index is -0.166. The van der Waals surface area contributed by atoms with Crippen LogP contribution in [0, 0.1) is 19.8 Å². The lowest BCUT2D eigenvalue weighted by molar-refractivity contribution is 0.192. The monoisotopic (exact) mass is 355 g/mol. The molecule has 0 atom stereocenters. The highest BCUT2D eigenvalue weighted by Gasteiger charge is 2.15. The second-order valence-electron chi connectivity index (χ2n) is 7.29. The molecule has 1 aromatic heterocycles. The van der Waals surface area contributed by atoms with Gasteiger partial charge < -0.3 is 15.5 Å². The van der Waals surface area contributed by atoms with Gasteiger partial charge in [-0.3, -0.25) is 0 Å². The third kappa shape index (κ3) is 4.85. The van der Waals surface area contributed by atoms with Crippen LogP contribution in [0.1, 0.15) is 31.2 Å². The van der Waals surface area contributed by atoms with Crippen molar-refractivity contribution >= 4 is 11.7 Å². The van der Waals surface area contributed by atoms with Gasteiger partial charge in [0.25, 0.3) is 0 Å². The molecule has 2 N–H and O–H groups in total. The molecule has 1 saturated heterocycles. The van der Waals surface area contributed by atoms with Crippen LogP contribution >= 0.6 is 0 Å². The predicted molar refractivity (Wildman–Crippen MR) is 105 cm³/mol. The van der Waals surface area contributed by atoms with E-state index in [-0.39, 0.29) is 6.03 Å². The molecule has 0 saturated carbocycles. The van der Waals surface area contributed by atoms with E-state index in [1.807, 2.05) is 48.9 Å². The molecule has 3 rings (SSSR count). The fourth-order valence-corrected chi connectivity index (χ4v) is 3.39. The van der Waals surface area contributed by atoms with Crippen molar-refractivity contribution in [3.8, 4) is 5.69 Å². The molecule has 0 aliphatic carbocycles. The summed E-state index contributed by atoms with van der Waals surface area (Å²) in [4.78, 5) is 14.6. The van der Waals surface area contributed by atoms with Crippen LogP contribution in [-0.4, -0.2) is 46.9 Å². The first-order valence-corrected chi connectivity index (χ1v) is 9.42. The Kier molecular flexibility index (Phi) is 5.93. The van der Waals surface area contributed by atoms with Gasteiger partial charge in [-0.2, -0.15) is 5.10 Å². The molecule has 1 aromatic carbocycles. The highest BCUT2D eigenvalue weighted by molar-refractivity contribution is 5.89. The number of hydrogen-bond acceptors (Lipinski definition) is 3. The van der Waals surface area contributed by atoms with Gasteiger partial charge in [0.2, 0.25) is 0 Å². The van der Waals surface area contributed by atoms with Gasteiger partial charge in [0, 0.05) is 24.5 Å². The summed E-state index contributed by atoms with van der Waals surface area (Å²) in [5.41, 5.74) is 3.75. The van der Waals surface area contributed by atoms with Crippen LogP contribution in [0.3, 0.4) is 0 Å². The van der Waals surface area contributed by atoms with Crippen molar-refractivity contribution in [3.05, 3.63) is 41.7 Å². The Morgan fingerprint density at radius 3 is 2.69 bits per heavy atom. The van der Waals surface area contributed by atoms with Gasteiger partial charge in [0.15, 0.2) is 0 Å². The summed E-state index contributed by atoms with van der Waals surface area (Å²) in [7, 11) is 0. The van der Waals surface area contributed by atoms with E-state index in [0.717, 1.165) is 48.3 Å². The number of carbonyl (C=O) groups excluding carboxylic acids is 1. The van der Waals surface area contributed by atoms with Gasteiger partial charge in [-0.05, 0) is 70.0 Å². The molecule has 0 bridgehead atoms. The summed E-state index contributed by atoms with van der Waals surface area (Å²) in [5, 5.41) is 10.4. The second kappa shape index (κ2) is 8.36. The fourth-order valence-electron chi connectivity index (χ4n) is 3.39. The average molecular weight is 355 g/mol. The molecule has 0 radical (unpaired) electrons. The molecule has 0 unspecified atom stereocenters. The number of benzene rings is 1. The van der Waals surface area contributed by atoms with Crippen molar-refractivity contribution in [1.82, 2.24) is 20.0 Å². The molecule has 1 fully saturated rings. The first-order chi connectivity index (χ1) is 12.5. The van der Waals surface area contributed by atoms with Crippen molar-refractivity contribution in [2.24, 2.45) is 5.92 Å². The number of amides is 2. The maximum atomic E-state index is 12.2. The van der Waals surface area contributed by atoms with Gasteiger partial charge in [0.05, 0.1) is 11.4 Å². The first-order valence-electron chi connectivity index (χ1n) is 9.42. The van der Waals surface area contributed by atoms with Crippen LogP contribution in [0.4, 0.5) is 10.5 Å². The highest BCUT2D eigenvalue weighted by atomic mass is 16.2. The molecular formula is C20H29N5O. The molecule has 2 amide bonds. The third-order valence-corrected chi connectivity index (χ3v) is 4.95. The number of aromatic nitrogens is 2. The molecule has 140 valence electrons. The summed E-state index contributed by atoms with van der Waals surface area (Å²) in [6, 6.07) is 9.61. The van der Waals surface area contributed by atoms with Crippen LogP contribution in [0.25, 0.3) is 5.69 Å². The molecule has 1 aliphatic heterocycles. The zero-order valence-corrected chi connectivity index (χ0v) is 16.0. The van der Waals surface area contributed by atoms with E-state index in [9.17, 15) is 4.79 Å². The van der Waals surface area contributed by atoms with Crippen LogP contribution in [0.2, 0.25) is 0 Å². The number of nitrogens with zero attached hydrogens (tertiary/aromatic N) is 3. The van der Waals surface area contributed by atoms with Gasteiger partial charge in [0.1, 0.15) is 0 Å². The number of aryl methyl sites for hydroxylation is 2. The Bertz CT molecular complexity index is 746. The van der Waals surface area contributed by atoms with Gasteiger partial charge >= 0.3 is 6.03 Å². The van der Waals surface area contributed by atoms with Crippen LogP contribution < -0.4 is 10.6 Å². The number of nitrogens with one attached hydrogen (secondary N) is 2. The molecular weight excluding hydrogens is 326 g/mol. The van der Waals surface area contributed by atoms with Crippen molar-refractivity contribution in [1.29, 1.82) is 0 Å². The van der Waals surface area contributed by atoms with E-state index in [1.165, 1.54) is 12.8 Å². The molecule has 2 aromatic rings. The van der Waals surface area contributed by atoms with E-state index in [1.54, 1.807) is 0 Å². The number of piperidine rings is 1. The van der Waals surface area contributed by atoms with Crippen molar-refractivity contribution < 1.29 is 4.79 Å². The molecule has 0 spiro atoms. The lowest BCUT2D eigenvalue weighted by atomic mass is 9.99. The predicted octanol–water partition coefficient (Wildman–Crippen LogP) is 3.34. The molecule has 2 heterocycles. The number of rotatable bonds is 5. The van der Waals surface area contributed by atoms with Crippen molar-refractivity contribution in [3.63, 3.8) is 0 Å². The highest BCUT2D eigenvalue weighted by Crippen LogP contribution is 2.17. The zero-order chi connectivity index (χ0) is 18.5. The van der Waals surface area contributed by atoms with Crippen molar-refractivity contribution in [2.45, 2.75) is 33.6 Å². The zero-order valence-electron chi connectivity index (χ0n) is 16.0. The summed E-state index contributed by atoms with van der Waals surface area (Å²) in [6.07, 6.45) is 2.51. The summed E-state index contributed by atoms with van der Waals surface area (Å²) >= 11 is 0. The summed E-state index contributed by atoms with van der Waals surface area (Å²) < 4.78 is 1.88. The minimum Gasteiger partial charge on any atom is -0.337 e. The van der Waals surface area contributed by atoms with Gasteiger partial charge in [-0.25, -0.2) is 9.48 Å². The average Bonchev–Trinajstić information content (AvgIpc) is 2.95. The third-order valence-electron chi connectivity index (χ3n) is 4.95. The van der Waals surface area contributed by atoms with E-state index < -0.39 is 0 Å². The van der Waals surface area contributed by atoms with Crippen LogP contribution in [0.5, 0.6) is 0 Å². The number of urea groups is 1. The topological polar surface area (TPSA) is 62.2 Å². The van der Waals surface area contributed by atoms with Gasteiger partial charge in [-0.15, -0.1) is 0 Å². The maximum absolute atomic E-state index is 12.2. The Hall–Kier alpha value is -2.34. The Labute approximate surface area is 155 Å².